The van der Waals surface area contributed by atoms with Gasteiger partial charge in [0.25, 0.3) is 0 Å². The highest BCUT2D eigenvalue weighted by molar-refractivity contribution is 7.89. The van der Waals surface area contributed by atoms with E-state index < -0.39 is 15.8 Å². The van der Waals surface area contributed by atoms with Gasteiger partial charge in [0.15, 0.2) is 0 Å². The summed E-state index contributed by atoms with van der Waals surface area (Å²) in [7, 11) is -3.87. The zero-order valence-corrected chi connectivity index (χ0v) is 16.5. The fraction of sp³-hybridized carbons (Fsp3) is 0.350. The van der Waals surface area contributed by atoms with Gasteiger partial charge in [-0.15, -0.1) is 0 Å². The highest BCUT2D eigenvalue weighted by Gasteiger charge is 2.30. The van der Waals surface area contributed by atoms with Crippen LogP contribution in [0.5, 0.6) is 0 Å². The number of nitrogens with one attached hydrogen (secondary N) is 1. The molecule has 0 saturated carbocycles. The van der Waals surface area contributed by atoms with Crippen LogP contribution in [0.4, 0.5) is 4.39 Å². The number of halogens is 1. The number of sulfonamides is 1. The largest absolute Gasteiger partial charge is 0.348 e. The van der Waals surface area contributed by atoms with Crippen molar-refractivity contribution in [3.63, 3.8) is 0 Å². The lowest BCUT2D eigenvalue weighted by molar-refractivity contribution is -0.123. The highest BCUT2D eigenvalue weighted by atomic mass is 32.2. The molecule has 0 radical (unpaired) electrons. The van der Waals surface area contributed by atoms with Crippen LogP contribution in [-0.2, 0) is 14.8 Å². The van der Waals surface area contributed by atoms with Crippen molar-refractivity contribution >= 4 is 15.9 Å². The average molecular weight is 405 g/mol. The number of benzene rings is 2. The molecule has 2 aromatic rings. The molecule has 0 aliphatic carbocycles. The molecule has 8 heteroatoms. The minimum absolute atomic E-state index is 0.101. The van der Waals surface area contributed by atoms with Gasteiger partial charge in [0, 0.05) is 26.2 Å². The van der Waals surface area contributed by atoms with Gasteiger partial charge in [0.05, 0.1) is 12.6 Å². The summed E-state index contributed by atoms with van der Waals surface area (Å²) in [5.74, 6) is -0.860. The van der Waals surface area contributed by atoms with E-state index in [2.05, 4.69) is 5.32 Å². The van der Waals surface area contributed by atoms with E-state index >= 15 is 0 Å². The summed E-state index contributed by atoms with van der Waals surface area (Å²) in [6.07, 6.45) is 0. The van der Waals surface area contributed by atoms with E-state index in [1.807, 2.05) is 42.2 Å². The molecule has 28 heavy (non-hydrogen) atoms. The monoisotopic (exact) mass is 405 g/mol. The number of nitrogens with zero attached hydrogens (tertiary/aromatic N) is 2. The Bertz CT molecular complexity index is 913. The van der Waals surface area contributed by atoms with Crippen LogP contribution in [0.1, 0.15) is 18.5 Å². The summed E-state index contributed by atoms with van der Waals surface area (Å²) in [5, 5.41) is 2.96. The first-order chi connectivity index (χ1) is 13.4. The van der Waals surface area contributed by atoms with Gasteiger partial charge in [-0.2, -0.15) is 4.31 Å². The van der Waals surface area contributed by atoms with Crippen molar-refractivity contribution in [3.8, 4) is 0 Å². The minimum atomic E-state index is -3.87. The lowest BCUT2D eigenvalue weighted by atomic mass is 10.1. The van der Waals surface area contributed by atoms with E-state index in [4.69, 9.17) is 0 Å². The maximum absolute atomic E-state index is 13.9. The topological polar surface area (TPSA) is 69.7 Å². The second-order valence-electron chi connectivity index (χ2n) is 6.81. The number of rotatable bonds is 6. The van der Waals surface area contributed by atoms with Crippen LogP contribution >= 0.6 is 0 Å². The van der Waals surface area contributed by atoms with Crippen LogP contribution in [0.15, 0.2) is 59.5 Å². The third-order valence-corrected chi connectivity index (χ3v) is 6.76. The minimum Gasteiger partial charge on any atom is -0.348 e. The van der Waals surface area contributed by atoms with E-state index in [0.29, 0.717) is 13.1 Å². The first-order valence-corrected chi connectivity index (χ1v) is 10.6. The van der Waals surface area contributed by atoms with E-state index in [9.17, 15) is 17.6 Å². The van der Waals surface area contributed by atoms with Gasteiger partial charge >= 0.3 is 0 Å². The lowest BCUT2D eigenvalue weighted by Gasteiger charge is -2.33. The van der Waals surface area contributed by atoms with E-state index in [1.165, 1.54) is 22.5 Å². The van der Waals surface area contributed by atoms with E-state index in [1.54, 1.807) is 0 Å². The second kappa shape index (κ2) is 8.81. The van der Waals surface area contributed by atoms with Gasteiger partial charge in [0.1, 0.15) is 10.7 Å². The molecule has 1 aliphatic rings. The molecular weight excluding hydrogens is 381 g/mol. The van der Waals surface area contributed by atoms with Crippen LogP contribution in [0.3, 0.4) is 0 Å². The fourth-order valence-corrected chi connectivity index (χ4v) is 4.72. The summed E-state index contributed by atoms with van der Waals surface area (Å²) < 4.78 is 40.4. The van der Waals surface area contributed by atoms with Gasteiger partial charge in [-0.3, -0.25) is 9.69 Å². The molecule has 1 saturated heterocycles. The van der Waals surface area contributed by atoms with Crippen LogP contribution in [0.25, 0.3) is 0 Å². The summed E-state index contributed by atoms with van der Waals surface area (Å²) in [5.41, 5.74) is 1.02. The predicted octanol–water partition coefficient (Wildman–Crippen LogP) is 2.01. The van der Waals surface area contributed by atoms with Crippen LogP contribution in [0, 0.1) is 5.82 Å². The number of hydrogen-bond acceptors (Lipinski definition) is 4. The standard InChI is InChI=1S/C20H24FN3O3S/c1-16(17-7-3-2-4-8-17)22-20(25)15-23-11-13-24(14-12-23)28(26,27)19-10-6-5-9-18(19)21/h2-10,16H,11-15H2,1H3,(H,22,25)/t16-/m1/s1. The van der Waals surface area contributed by atoms with Crippen LogP contribution in [-0.4, -0.2) is 56.3 Å². The molecule has 0 bridgehead atoms. The molecule has 150 valence electrons. The molecule has 6 nitrogen and oxygen atoms in total. The van der Waals surface area contributed by atoms with Gasteiger partial charge in [0.2, 0.25) is 15.9 Å². The molecule has 1 aliphatic heterocycles. The quantitative estimate of drug-likeness (QED) is 0.798. The molecule has 1 atom stereocenters. The molecule has 0 aromatic heterocycles. The van der Waals surface area contributed by atoms with Crippen LogP contribution < -0.4 is 5.32 Å². The van der Waals surface area contributed by atoms with E-state index in [0.717, 1.165) is 11.6 Å². The van der Waals surface area contributed by atoms with Crippen molar-refractivity contribution in [1.82, 2.24) is 14.5 Å². The van der Waals surface area contributed by atoms with Crippen molar-refractivity contribution in [2.75, 3.05) is 32.7 Å². The molecule has 1 fully saturated rings. The van der Waals surface area contributed by atoms with Gasteiger partial charge in [-0.1, -0.05) is 42.5 Å². The smallest absolute Gasteiger partial charge is 0.246 e. The summed E-state index contributed by atoms with van der Waals surface area (Å²) >= 11 is 0. The molecule has 1 N–H and O–H groups in total. The Balaban J connectivity index is 1.53. The fourth-order valence-electron chi connectivity index (χ4n) is 3.24. The first kappa shape index (κ1) is 20.4. The molecule has 0 spiro atoms. The molecule has 2 aromatic carbocycles. The Labute approximate surface area is 165 Å². The molecule has 0 unspecified atom stereocenters. The van der Waals surface area contributed by atoms with Crippen molar-refractivity contribution in [1.29, 1.82) is 0 Å². The lowest BCUT2D eigenvalue weighted by Crippen LogP contribution is -2.51. The van der Waals surface area contributed by atoms with Crippen molar-refractivity contribution in [3.05, 3.63) is 66.0 Å². The number of piperazine rings is 1. The summed E-state index contributed by atoms with van der Waals surface area (Å²) in [4.78, 5) is 13.9. The predicted molar refractivity (Wildman–Crippen MR) is 105 cm³/mol. The molecule has 1 amide bonds. The SMILES string of the molecule is C[C@@H](NC(=O)CN1CCN(S(=O)(=O)c2ccccc2F)CC1)c1ccccc1. The average Bonchev–Trinajstić information content (AvgIpc) is 2.69. The number of hydrogen-bond donors (Lipinski definition) is 1. The molecule has 1 heterocycles. The Morgan fingerprint density at radius 1 is 1.04 bits per heavy atom. The normalized spacial score (nSPS) is 17.2. The maximum Gasteiger partial charge on any atom is 0.246 e. The number of carbonyl (C=O) groups is 1. The zero-order chi connectivity index (χ0) is 20.1. The zero-order valence-electron chi connectivity index (χ0n) is 15.7. The number of carbonyl (C=O) groups excluding carboxylic acids is 1. The van der Waals surface area contributed by atoms with Gasteiger partial charge in [-0.25, -0.2) is 12.8 Å². The Kier molecular flexibility index (Phi) is 6.43. The van der Waals surface area contributed by atoms with E-state index in [-0.39, 0.29) is 36.5 Å². The number of amides is 1. The third kappa shape index (κ3) is 4.76. The molecule has 3 rings (SSSR count). The Morgan fingerprint density at radius 2 is 1.64 bits per heavy atom. The maximum atomic E-state index is 13.9. The second-order valence-corrected chi connectivity index (χ2v) is 8.72. The van der Waals surface area contributed by atoms with Crippen molar-refractivity contribution < 1.29 is 17.6 Å². The van der Waals surface area contributed by atoms with Crippen molar-refractivity contribution in [2.45, 2.75) is 17.9 Å². The third-order valence-electron chi connectivity index (χ3n) is 4.83. The van der Waals surface area contributed by atoms with Crippen LogP contribution in [0.2, 0.25) is 0 Å². The van der Waals surface area contributed by atoms with Crippen molar-refractivity contribution in [2.24, 2.45) is 0 Å². The highest BCUT2D eigenvalue weighted by Crippen LogP contribution is 2.20. The Morgan fingerprint density at radius 3 is 2.29 bits per heavy atom. The van der Waals surface area contributed by atoms with Gasteiger partial charge < -0.3 is 5.32 Å². The summed E-state index contributed by atoms with van der Waals surface area (Å²) in [6.45, 7) is 3.40. The molecular formula is C20H24FN3O3S. The first-order valence-electron chi connectivity index (χ1n) is 9.19. The Hall–Kier alpha value is -2.29. The van der Waals surface area contributed by atoms with Gasteiger partial charge in [-0.05, 0) is 24.6 Å². The summed E-state index contributed by atoms with van der Waals surface area (Å²) in [6, 6.07) is 15.0.